The summed E-state index contributed by atoms with van der Waals surface area (Å²) >= 11 is 0. The lowest BCUT2D eigenvalue weighted by Crippen LogP contribution is -2.55. The van der Waals surface area contributed by atoms with E-state index >= 15 is 0 Å². The van der Waals surface area contributed by atoms with Gasteiger partial charge in [0.05, 0.1) is 12.2 Å². The van der Waals surface area contributed by atoms with Crippen molar-refractivity contribution in [1.82, 2.24) is 15.2 Å². The number of pyridine rings is 1. The maximum atomic E-state index is 12.1. The summed E-state index contributed by atoms with van der Waals surface area (Å²) < 4.78 is 11.1. The van der Waals surface area contributed by atoms with Crippen LogP contribution in [0.1, 0.15) is 20.8 Å². The molecule has 2 rings (SSSR count). The van der Waals surface area contributed by atoms with Gasteiger partial charge in [0.2, 0.25) is 0 Å². The molecule has 1 aromatic heterocycles. The van der Waals surface area contributed by atoms with Gasteiger partial charge in [0.15, 0.2) is 0 Å². The third-order valence-electron chi connectivity index (χ3n) is 2.99. The Bertz CT molecular complexity index is 459. The van der Waals surface area contributed by atoms with Crippen molar-refractivity contribution in [3.8, 4) is 5.75 Å². The number of hydrogen-bond donors (Lipinski definition) is 1. The molecule has 0 aromatic carbocycles. The predicted octanol–water partition coefficient (Wildman–Crippen LogP) is 1.67. The minimum absolute atomic E-state index is 0.0893. The van der Waals surface area contributed by atoms with E-state index in [4.69, 9.17) is 9.47 Å². The number of piperazine rings is 1. The van der Waals surface area contributed by atoms with Gasteiger partial charge in [-0.3, -0.25) is 4.98 Å². The van der Waals surface area contributed by atoms with Crippen LogP contribution in [-0.2, 0) is 4.74 Å². The van der Waals surface area contributed by atoms with Gasteiger partial charge in [-0.15, -0.1) is 0 Å². The Hall–Kier alpha value is -1.82. The molecule has 0 spiro atoms. The van der Waals surface area contributed by atoms with Gasteiger partial charge in [0.1, 0.15) is 18.0 Å². The molecule has 0 unspecified atom stereocenters. The molecule has 1 fully saturated rings. The normalized spacial score (nSPS) is 19.2. The van der Waals surface area contributed by atoms with E-state index in [1.807, 2.05) is 32.9 Å². The maximum absolute atomic E-state index is 12.1. The van der Waals surface area contributed by atoms with Gasteiger partial charge in [-0.05, 0) is 32.9 Å². The molecule has 0 saturated carbocycles. The summed E-state index contributed by atoms with van der Waals surface area (Å²) in [6.07, 6.45) is 3.11. The fourth-order valence-electron chi connectivity index (χ4n) is 2.06. The van der Waals surface area contributed by atoms with Crippen LogP contribution in [-0.4, -0.2) is 53.9 Å². The van der Waals surface area contributed by atoms with E-state index in [0.717, 1.165) is 12.3 Å². The molecular weight excluding hydrogens is 270 g/mol. The number of nitrogens with one attached hydrogen (secondary N) is 1. The van der Waals surface area contributed by atoms with Crippen molar-refractivity contribution >= 4 is 6.09 Å². The van der Waals surface area contributed by atoms with E-state index in [2.05, 4.69) is 10.3 Å². The Labute approximate surface area is 125 Å². The summed E-state index contributed by atoms with van der Waals surface area (Å²) in [5.41, 5.74) is -0.469. The van der Waals surface area contributed by atoms with Crippen LogP contribution in [0, 0.1) is 0 Å². The highest BCUT2D eigenvalue weighted by atomic mass is 16.6. The van der Waals surface area contributed by atoms with Crippen molar-refractivity contribution < 1.29 is 14.3 Å². The third-order valence-corrected chi connectivity index (χ3v) is 2.99. The molecule has 6 nitrogen and oxygen atoms in total. The van der Waals surface area contributed by atoms with E-state index in [9.17, 15) is 4.79 Å². The number of carbonyl (C=O) groups is 1. The number of nitrogens with zero attached hydrogens (tertiary/aromatic N) is 2. The molecule has 0 aliphatic carbocycles. The molecule has 1 saturated heterocycles. The fraction of sp³-hybridized carbons (Fsp3) is 0.600. The molecule has 1 aliphatic rings. The van der Waals surface area contributed by atoms with Crippen molar-refractivity contribution in [3.63, 3.8) is 0 Å². The highest BCUT2D eigenvalue weighted by molar-refractivity contribution is 5.68. The number of ether oxygens (including phenoxy) is 2. The second kappa shape index (κ2) is 6.76. The number of amides is 1. The molecule has 1 aromatic rings. The Morgan fingerprint density at radius 3 is 3.00 bits per heavy atom. The van der Waals surface area contributed by atoms with Crippen LogP contribution in [0.3, 0.4) is 0 Å². The molecule has 0 radical (unpaired) electrons. The number of rotatable bonds is 3. The van der Waals surface area contributed by atoms with Crippen LogP contribution in [0.4, 0.5) is 4.79 Å². The van der Waals surface area contributed by atoms with Crippen molar-refractivity contribution in [2.24, 2.45) is 0 Å². The van der Waals surface area contributed by atoms with Gasteiger partial charge >= 0.3 is 6.09 Å². The molecule has 21 heavy (non-hydrogen) atoms. The van der Waals surface area contributed by atoms with Crippen molar-refractivity contribution in [2.45, 2.75) is 32.4 Å². The summed E-state index contributed by atoms with van der Waals surface area (Å²) in [5, 5.41) is 3.34. The minimum atomic E-state index is -0.469. The van der Waals surface area contributed by atoms with Gasteiger partial charge in [-0.1, -0.05) is 0 Å². The first kappa shape index (κ1) is 15.6. The molecule has 1 aliphatic heterocycles. The van der Waals surface area contributed by atoms with Crippen LogP contribution < -0.4 is 10.1 Å². The zero-order valence-electron chi connectivity index (χ0n) is 12.8. The van der Waals surface area contributed by atoms with Crippen LogP contribution in [0.5, 0.6) is 5.75 Å². The Balaban J connectivity index is 1.82. The van der Waals surface area contributed by atoms with E-state index in [0.29, 0.717) is 19.7 Å². The molecule has 2 heterocycles. The zero-order valence-corrected chi connectivity index (χ0v) is 12.8. The monoisotopic (exact) mass is 293 g/mol. The molecule has 1 N–H and O–H groups in total. The lowest BCUT2D eigenvalue weighted by Gasteiger charge is -2.34. The first-order valence-corrected chi connectivity index (χ1v) is 7.18. The van der Waals surface area contributed by atoms with E-state index in [-0.39, 0.29) is 12.1 Å². The Morgan fingerprint density at radius 2 is 2.33 bits per heavy atom. The summed E-state index contributed by atoms with van der Waals surface area (Å²) in [6.45, 7) is 8.07. The maximum Gasteiger partial charge on any atom is 0.410 e. The number of hydrogen-bond acceptors (Lipinski definition) is 5. The average Bonchev–Trinajstić information content (AvgIpc) is 2.45. The standard InChI is InChI=1S/C15H23N3O3/c1-15(2,3)21-14(19)18-8-7-17-12(10-18)11-20-13-5-4-6-16-9-13/h4-6,9,12,17H,7-8,10-11H2,1-3H3/t12-/m1/s1. The summed E-state index contributed by atoms with van der Waals surface area (Å²) in [4.78, 5) is 17.8. The average molecular weight is 293 g/mol. The SMILES string of the molecule is CC(C)(C)OC(=O)N1CCN[C@@H](COc2cccnc2)C1. The minimum Gasteiger partial charge on any atom is -0.490 e. The summed E-state index contributed by atoms with van der Waals surface area (Å²) in [5.74, 6) is 0.730. The topological polar surface area (TPSA) is 63.7 Å². The molecule has 116 valence electrons. The predicted molar refractivity (Wildman–Crippen MR) is 79.3 cm³/mol. The van der Waals surface area contributed by atoms with Gasteiger partial charge in [0, 0.05) is 25.8 Å². The zero-order chi connectivity index (χ0) is 15.3. The highest BCUT2D eigenvalue weighted by Gasteiger charge is 2.27. The summed E-state index contributed by atoms with van der Waals surface area (Å²) in [6, 6.07) is 3.78. The molecular formula is C15H23N3O3. The first-order chi connectivity index (χ1) is 9.94. The van der Waals surface area contributed by atoms with E-state index < -0.39 is 5.60 Å². The van der Waals surface area contributed by atoms with Crippen molar-refractivity contribution in [3.05, 3.63) is 24.5 Å². The van der Waals surface area contributed by atoms with Crippen molar-refractivity contribution in [1.29, 1.82) is 0 Å². The smallest absolute Gasteiger partial charge is 0.410 e. The fourth-order valence-corrected chi connectivity index (χ4v) is 2.06. The molecule has 1 amide bonds. The van der Waals surface area contributed by atoms with Gasteiger partial charge in [0.25, 0.3) is 0 Å². The number of carbonyl (C=O) groups excluding carboxylic acids is 1. The molecule has 6 heteroatoms. The van der Waals surface area contributed by atoms with Crippen LogP contribution >= 0.6 is 0 Å². The van der Waals surface area contributed by atoms with Crippen LogP contribution in [0.2, 0.25) is 0 Å². The van der Waals surface area contributed by atoms with Crippen molar-refractivity contribution in [2.75, 3.05) is 26.2 Å². The lowest BCUT2D eigenvalue weighted by atomic mass is 10.2. The second-order valence-electron chi connectivity index (χ2n) is 6.08. The lowest BCUT2D eigenvalue weighted by molar-refractivity contribution is 0.0178. The second-order valence-corrected chi connectivity index (χ2v) is 6.08. The third kappa shape index (κ3) is 5.23. The molecule has 1 atom stereocenters. The Kier molecular flexibility index (Phi) is 5.01. The Morgan fingerprint density at radius 1 is 1.52 bits per heavy atom. The number of aromatic nitrogens is 1. The largest absolute Gasteiger partial charge is 0.490 e. The molecule has 0 bridgehead atoms. The van der Waals surface area contributed by atoms with Gasteiger partial charge in [-0.2, -0.15) is 0 Å². The van der Waals surface area contributed by atoms with E-state index in [1.54, 1.807) is 17.3 Å². The van der Waals surface area contributed by atoms with Crippen LogP contribution in [0.25, 0.3) is 0 Å². The van der Waals surface area contributed by atoms with Crippen LogP contribution in [0.15, 0.2) is 24.5 Å². The highest BCUT2D eigenvalue weighted by Crippen LogP contribution is 2.12. The van der Waals surface area contributed by atoms with E-state index in [1.165, 1.54) is 0 Å². The first-order valence-electron chi connectivity index (χ1n) is 7.18. The van der Waals surface area contributed by atoms with Gasteiger partial charge in [-0.25, -0.2) is 4.79 Å². The summed E-state index contributed by atoms with van der Waals surface area (Å²) in [7, 11) is 0. The van der Waals surface area contributed by atoms with Gasteiger partial charge < -0.3 is 19.7 Å². The quantitative estimate of drug-likeness (QED) is 0.918.